The molecule has 6 heteroatoms. The molecular formula is C23H15N3O2S. The molecule has 5 aromatic rings. The van der Waals surface area contributed by atoms with Crippen LogP contribution in [-0.2, 0) is 0 Å². The van der Waals surface area contributed by atoms with Gasteiger partial charge in [0.05, 0.1) is 17.5 Å². The van der Waals surface area contributed by atoms with Crippen LogP contribution in [-0.4, -0.2) is 11.2 Å². The molecule has 2 aromatic heterocycles. The fourth-order valence-corrected chi connectivity index (χ4v) is 3.87. The van der Waals surface area contributed by atoms with Crippen molar-refractivity contribution in [2.45, 2.75) is 0 Å². The maximum Gasteiger partial charge on any atom is 0.345 e. The van der Waals surface area contributed by atoms with Crippen molar-refractivity contribution in [3.8, 4) is 11.3 Å². The van der Waals surface area contributed by atoms with E-state index in [1.54, 1.807) is 18.3 Å². The van der Waals surface area contributed by atoms with Gasteiger partial charge in [-0.1, -0.05) is 60.7 Å². The highest BCUT2D eigenvalue weighted by Crippen LogP contribution is 2.25. The Bertz CT molecular complexity index is 1410. The van der Waals surface area contributed by atoms with Gasteiger partial charge >= 0.3 is 5.63 Å². The third-order valence-corrected chi connectivity index (χ3v) is 5.36. The van der Waals surface area contributed by atoms with Gasteiger partial charge < -0.3 is 4.42 Å². The molecule has 5 rings (SSSR count). The van der Waals surface area contributed by atoms with Crippen molar-refractivity contribution >= 4 is 44.4 Å². The molecule has 0 aliphatic heterocycles. The van der Waals surface area contributed by atoms with Crippen molar-refractivity contribution in [2.24, 2.45) is 5.10 Å². The summed E-state index contributed by atoms with van der Waals surface area (Å²) in [5.74, 6) is 0. The predicted octanol–water partition coefficient (Wildman–Crippen LogP) is 5.52. The SMILES string of the molecule is O=c1oc2ccccc2cc1-c1csc(N/N=C\c2cccc3ccccc23)n1. The van der Waals surface area contributed by atoms with Crippen LogP contribution in [0.15, 0.2) is 92.5 Å². The number of nitrogens with zero attached hydrogens (tertiary/aromatic N) is 2. The van der Waals surface area contributed by atoms with Gasteiger partial charge in [0, 0.05) is 16.3 Å². The number of nitrogens with one attached hydrogen (secondary N) is 1. The van der Waals surface area contributed by atoms with Crippen molar-refractivity contribution in [1.82, 2.24) is 4.98 Å². The Morgan fingerprint density at radius 3 is 2.69 bits per heavy atom. The summed E-state index contributed by atoms with van der Waals surface area (Å²) in [6.45, 7) is 0. The van der Waals surface area contributed by atoms with Gasteiger partial charge in [-0.3, -0.25) is 5.43 Å². The van der Waals surface area contributed by atoms with Crippen molar-refractivity contribution in [3.05, 3.63) is 94.2 Å². The highest BCUT2D eigenvalue weighted by atomic mass is 32.1. The van der Waals surface area contributed by atoms with Gasteiger partial charge in [-0.2, -0.15) is 5.10 Å². The van der Waals surface area contributed by atoms with E-state index in [4.69, 9.17) is 4.42 Å². The van der Waals surface area contributed by atoms with E-state index < -0.39 is 5.63 Å². The average molecular weight is 397 g/mol. The minimum atomic E-state index is -0.403. The highest BCUT2D eigenvalue weighted by molar-refractivity contribution is 7.14. The fraction of sp³-hybridized carbons (Fsp3) is 0. The molecule has 140 valence electrons. The van der Waals surface area contributed by atoms with E-state index in [9.17, 15) is 4.79 Å². The quantitative estimate of drug-likeness (QED) is 0.246. The Hall–Kier alpha value is -3.77. The summed E-state index contributed by atoms with van der Waals surface area (Å²) >= 11 is 1.38. The lowest BCUT2D eigenvalue weighted by molar-refractivity contribution is 0.563. The predicted molar refractivity (Wildman–Crippen MR) is 119 cm³/mol. The van der Waals surface area contributed by atoms with E-state index in [0.29, 0.717) is 22.0 Å². The monoisotopic (exact) mass is 397 g/mol. The molecule has 0 bridgehead atoms. The van der Waals surface area contributed by atoms with E-state index in [-0.39, 0.29) is 0 Å². The first-order valence-corrected chi connectivity index (χ1v) is 9.91. The van der Waals surface area contributed by atoms with Crippen LogP contribution >= 0.6 is 11.3 Å². The summed E-state index contributed by atoms with van der Waals surface area (Å²) in [4.78, 5) is 16.8. The number of fused-ring (bicyclic) bond motifs is 2. The van der Waals surface area contributed by atoms with Crippen LogP contribution in [0, 0.1) is 0 Å². The summed E-state index contributed by atoms with van der Waals surface area (Å²) in [6, 6.07) is 23.5. The van der Waals surface area contributed by atoms with Gasteiger partial charge in [-0.15, -0.1) is 11.3 Å². The number of thiazole rings is 1. The Balaban J connectivity index is 1.40. The fourth-order valence-electron chi connectivity index (χ4n) is 3.21. The van der Waals surface area contributed by atoms with E-state index in [1.807, 2.05) is 47.8 Å². The molecule has 5 nitrogen and oxygen atoms in total. The molecule has 0 amide bonds. The Kier molecular flexibility index (Phi) is 4.38. The van der Waals surface area contributed by atoms with Crippen LogP contribution in [0.25, 0.3) is 33.0 Å². The molecule has 3 aromatic carbocycles. The molecule has 0 fully saturated rings. The molecule has 0 saturated heterocycles. The van der Waals surface area contributed by atoms with E-state index in [2.05, 4.69) is 33.7 Å². The zero-order valence-corrected chi connectivity index (χ0v) is 16.0. The smallest absolute Gasteiger partial charge is 0.345 e. The van der Waals surface area contributed by atoms with Crippen molar-refractivity contribution in [1.29, 1.82) is 0 Å². The summed E-state index contributed by atoms with van der Waals surface area (Å²) in [7, 11) is 0. The van der Waals surface area contributed by atoms with Crippen LogP contribution in [0.1, 0.15) is 5.56 Å². The van der Waals surface area contributed by atoms with Crippen LogP contribution in [0.4, 0.5) is 5.13 Å². The first kappa shape index (κ1) is 17.3. The van der Waals surface area contributed by atoms with Gasteiger partial charge in [-0.05, 0) is 22.9 Å². The maximum absolute atomic E-state index is 12.3. The molecule has 29 heavy (non-hydrogen) atoms. The molecule has 0 spiro atoms. The van der Waals surface area contributed by atoms with Crippen LogP contribution in [0.3, 0.4) is 0 Å². The molecule has 0 aliphatic carbocycles. The molecule has 0 atom stereocenters. The van der Waals surface area contributed by atoms with Crippen molar-refractivity contribution < 1.29 is 4.42 Å². The number of hydrazone groups is 1. The summed E-state index contributed by atoms with van der Waals surface area (Å²) in [5, 5.41) is 9.89. The lowest BCUT2D eigenvalue weighted by Gasteiger charge is -2.01. The van der Waals surface area contributed by atoms with E-state index in [0.717, 1.165) is 21.7 Å². The van der Waals surface area contributed by atoms with Crippen LogP contribution in [0.5, 0.6) is 0 Å². The number of anilines is 1. The Labute approximate surface area is 170 Å². The number of rotatable bonds is 4. The first-order valence-electron chi connectivity index (χ1n) is 9.03. The van der Waals surface area contributed by atoms with Crippen molar-refractivity contribution in [3.63, 3.8) is 0 Å². The normalized spacial score (nSPS) is 11.4. The van der Waals surface area contributed by atoms with Gasteiger partial charge in [0.2, 0.25) is 5.13 Å². The second-order valence-corrected chi connectivity index (χ2v) is 7.32. The van der Waals surface area contributed by atoms with Crippen LogP contribution < -0.4 is 11.1 Å². The number of aromatic nitrogens is 1. The molecule has 0 radical (unpaired) electrons. The molecule has 2 heterocycles. The largest absolute Gasteiger partial charge is 0.422 e. The zero-order chi connectivity index (χ0) is 19.6. The number of benzene rings is 3. The van der Waals surface area contributed by atoms with Gasteiger partial charge in [0.15, 0.2) is 0 Å². The minimum Gasteiger partial charge on any atom is -0.422 e. The highest BCUT2D eigenvalue weighted by Gasteiger charge is 2.11. The standard InChI is InChI=1S/C23H15N3O2S/c27-22-19(12-16-7-2-4-11-21(16)28-22)20-14-29-23(25-20)26-24-13-17-9-5-8-15-6-1-3-10-18(15)17/h1-14H,(H,25,26)/b24-13-. The summed E-state index contributed by atoms with van der Waals surface area (Å²) in [6.07, 6.45) is 1.77. The van der Waals surface area contributed by atoms with E-state index >= 15 is 0 Å². The minimum absolute atomic E-state index is 0.403. The molecule has 0 aliphatic rings. The topological polar surface area (TPSA) is 67.5 Å². The summed E-state index contributed by atoms with van der Waals surface area (Å²) in [5.41, 5.74) is 5.13. The van der Waals surface area contributed by atoms with Crippen LogP contribution in [0.2, 0.25) is 0 Å². The lowest BCUT2D eigenvalue weighted by Crippen LogP contribution is -2.02. The summed E-state index contributed by atoms with van der Waals surface area (Å²) < 4.78 is 5.40. The molecule has 0 unspecified atom stereocenters. The Morgan fingerprint density at radius 1 is 0.966 bits per heavy atom. The Morgan fingerprint density at radius 2 is 1.76 bits per heavy atom. The maximum atomic E-state index is 12.3. The van der Waals surface area contributed by atoms with E-state index in [1.165, 1.54) is 11.3 Å². The molecule has 0 saturated carbocycles. The second kappa shape index (κ2) is 7.33. The lowest BCUT2D eigenvalue weighted by atomic mass is 10.1. The van der Waals surface area contributed by atoms with Gasteiger partial charge in [0.1, 0.15) is 5.58 Å². The molecule has 1 N–H and O–H groups in total. The third kappa shape index (κ3) is 3.41. The number of para-hydroxylation sites is 1. The van der Waals surface area contributed by atoms with Gasteiger partial charge in [0.25, 0.3) is 0 Å². The second-order valence-electron chi connectivity index (χ2n) is 6.46. The number of hydrogen-bond acceptors (Lipinski definition) is 6. The third-order valence-electron chi connectivity index (χ3n) is 4.61. The molecular weight excluding hydrogens is 382 g/mol. The van der Waals surface area contributed by atoms with Gasteiger partial charge in [-0.25, -0.2) is 9.78 Å². The van der Waals surface area contributed by atoms with Crippen molar-refractivity contribution in [2.75, 3.05) is 5.43 Å². The average Bonchev–Trinajstić information content (AvgIpc) is 3.22. The first-order chi connectivity index (χ1) is 14.3. The number of hydrogen-bond donors (Lipinski definition) is 1. The zero-order valence-electron chi connectivity index (χ0n) is 15.2.